The van der Waals surface area contributed by atoms with Crippen LogP contribution in [-0.4, -0.2) is 34.8 Å². The normalized spacial score (nSPS) is 12.3. The van der Waals surface area contributed by atoms with Crippen molar-refractivity contribution in [2.75, 3.05) is 15.8 Å². The lowest BCUT2D eigenvalue weighted by Gasteiger charge is -2.19. The van der Waals surface area contributed by atoms with Crippen molar-refractivity contribution in [3.05, 3.63) is 83.6 Å². The first kappa shape index (κ1) is 31.5. The first-order valence-electron chi connectivity index (χ1n) is 13.5. The molecule has 1 heterocycles. The molecule has 0 fully saturated rings. The van der Waals surface area contributed by atoms with Gasteiger partial charge >= 0.3 is 0 Å². The molecule has 8 nitrogen and oxygen atoms in total. The highest BCUT2D eigenvalue weighted by Gasteiger charge is 2.23. The van der Waals surface area contributed by atoms with Crippen LogP contribution in [0.15, 0.2) is 82.8 Å². The number of nitrogens with zero attached hydrogens (tertiary/aromatic N) is 3. The zero-order chi connectivity index (χ0) is 30.3. The van der Waals surface area contributed by atoms with E-state index in [1.807, 2.05) is 4.57 Å². The van der Waals surface area contributed by atoms with E-state index in [9.17, 15) is 17.6 Å². The van der Waals surface area contributed by atoms with Gasteiger partial charge in [-0.15, -0.1) is 10.2 Å². The van der Waals surface area contributed by atoms with E-state index in [2.05, 4.69) is 41.0 Å². The van der Waals surface area contributed by atoms with E-state index in [0.29, 0.717) is 22.5 Å². The fourth-order valence-corrected chi connectivity index (χ4v) is 6.55. The highest BCUT2D eigenvalue weighted by atomic mass is 35.5. The number of carbonyl (C=O) groups excluding carboxylic acids is 1. The van der Waals surface area contributed by atoms with Crippen molar-refractivity contribution in [3.8, 4) is 11.4 Å². The van der Waals surface area contributed by atoms with E-state index >= 15 is 0 Å². The number of aromatic nitrogens is 3. The number of nitrogens with one attached hydrogen (secondary N) is 2. The summed E-state index contributed by atoms with van der Waals surface area (Å²) < 4.78 is 44.9. The van der Waals surface area contributed by atoms with Crippen LogP contribution in [0.1, 0.15) is 46.1 Å². The van der Waals surface area contributed by atoms with Crippen LogP contribution in [0.5, 0.6) is 0 Å². The molecule has 4 aromatic rings. The predicted molar refractivity (Wildman–Crippen MR) is 167 cm³/mol. The summed E-state index contributed by atoms with van der Waals surface area (Å²) >= 11 is 7.36. The molecule has 0 bridgehead atoms. The van der Waals surface area contributed by atoms with Crippen LogP contribution < -0.4 is 10.0 Å². The number of anilines is 2. The number of benzene rings is 3. The van der Waals surface area contributed by atoms with E-state index in [1.54, 1.807) is 54.6 Å². The van der Waals surface area contributed by atoms with Crippen molar-refractivity contribution < 1.29 is 17.6 Å². The molecule has 0 aliphatic heterocycles. The summed E-state index contributed by atoms with van der Waals surface area (Å²) in [6.07, 6.45) is 2.87. The molecule has 0 spiro atoms. The molecule has 12 heteroatoms. The molecule has 0 saturated carbocycles. The minimum atomic E-state index is -3.95. The molecule has 222 valence electrons. The molecule has 0 unspecified atom stereocenters. The molecule has 1 atom stereocenters. The zero-order valence-corrected chi connectivity index (χ0v) is 25.9. The van der Waals surface area contributed by atoms with Gasteiger partial charge < -0.3 is 5.32 Å². The second-order valence-electron chi connectivity index (χ2n) is 10.3. The van der Waals surface area contributed by atoms with Crippen molar-refractivity contribution in [2.24, 2.45) is 5.92 Å². The molecular formula is C30H33ClFN5O3S2. The van der Waals surface area contributed by atoms with Crippen LogP contribution in [0.3, 0.4) is 0 Å². The van der Waals surface area contributed by atoms with Crippen LogP contribution in [0.2, 0.25) is 5.02 Å². The maximum absolute atomic E-state index is 14.0. The lowest BCUT2D eigenvalue weighted by atomic mass is 10.0. The van der Waals surface area contributed by atoms with Crippen molar-refractivity contribution in [1.82, 2.24) is 14.8 Å². The van der Waals surface area contributed by atoms with E-state index in [-0.39, 0.29) is 39.0 Å². The Labute approximate surface area is 255 Å². The van der Waals surface area contributed by atoms with E-state index in [1.165, 1.54) is 30.0 Å². The molecule has 42 heavy (non-hydrogen) atoms. The average Bonchev–Trinajstić information content (AvgIpc) is 3.38. The van der Waals surface area contributed by atoms with Crippen LogP contribution in [0, 0.1) is 11.7 Å². The van der Waals surface area contributed by atoms with Gasteiger partial charge in [0.1, 0.15) is 5.82 Å². The average molecular weight is 630 g/mol. The number of carbonyl (C=O) groups is 1. The molecule has 2 N–H and O–H groups in total. The Bertz CT molecular complexity index is 1650. The minimum absolute atomic E-state index is 0.0125. The number of hydrogen-bond donors (Lipinski definition) is 2. The number of hydrogen-bond acceptors (Lipinski definition) is 6. The van der Waals surface area contributed by atoms with Gasteiger partial charge in [0.2, 0.25) is 5.91 Å². The Balaban J connectivity index is 1.61. The van der Waals surface area contributed by atoms with Crippen LogP contribution in [-0.2, 0) is 14.8 Å². The molecule has 1 amide bonds. The third-order valence-corrected chi connectivity index (χ3v) is 9.15. The third-order valence-electron chi connectivity index (χ3n) is 6.51. The molecule has 1 aromatic heterocycles. The van der Waals surface area contributed by atoms with E-state index in [4.69, 9.17) is 11.6 Å². The summed E-state index contributed by atoms with van der Waals surface area (Å²) in [6.45, 7) is 6.40. The van der Waals surface area contributed by atoms with Crippen molar-refractivity contribution >= 4 is 50.7 Å². The topological polar surface area (TPSA) is 106 Å². The lowest BCUT2D eigenvalue weighted by Crippen LogP contribution is -2.16. The Kier molecular flexibility index (Phi) is 10.6. The second kappa shape index (κ2) is 14.2. The lowest BCUT2D eigenvalue weighted by molar-refractivity contribution is -0.113. The Morgan fingerprint density at radius 3 is 2.40 bits per heavy atom. The zero-order valence-electron chi connectivity index (χ0n) is 23.6. The number of amides is 1. The number of rotatable bonds is 13. The predicted octanol–water partition coefficient (Wildman–Crippen LogP) is 7.66. The van der Waals surface area contributed by atoms with Gasteiger partial charge in [-0.25, -0.2) is 12.8 Å². The van der Waals surface area contributed by atoms with Gasteiger partial charge in [-0.3, -0.25) is 14.1 Å². The smallest absolute Gasteiger partial charge is 0.261 e. The first-order valence-corrected chi connectivity index (χ1v) is 16.4. The van der Waals surface area contributed by atoms with Gasteiger partial charge in [0.05, 0.1) is 27.0 Å². The highest BCUT2D eigenvalue weighted by Crippen LogP contribution is 2.32. The maximum atomic E-state index is 14.0. The summed E-state index contributed by atoms with van der Waals surface area (Å²) in [6, 6.07) is 19.0. The molecule has 4 rings (SSSR count). The van der Waals surface area contributed by atoms with Crippen LogP contribution in [0.4, 0.5) is 15.8 Å². The van der Waals surface area contributed by atoms with Crippen molar-refractivity contribution in [3.63, 3.8) is 0 Å². The Morgan fingerprint density at radius 2 is 1.69 bits per heavy atom. The largest absolute Gasteiger partial charge is 0.323 e. The van der Waals surface area contributed by atoms with Crippen molar-refractivity contribution in [2.45, 2.75) is 56.1 Å². The minimum Gasteiger partial charge on any atom is -0.323 e. The van der Waals surface area contributed by atoms with E-state index < -0.39 is 15.8 Å². The summed E-state index contributed by atoms with van der Waals surface area (Å²) in [5, 5.41) is 12.2. The molecule has 0 aliphatic carbocycles. The summed E-state index contributed by atoms with van der Waals surface area (Å²) in [5.74, 6) is 0.132. The molecule has 0 aliphatic rings. The van der Waals surface area contributed by atoms with Gasteiger partial charge in [0, 0.05) is 11.6 Å². The number of sulfonamides is 1. The SMILES string of the molecule is CC(C)CCC[C@@H](C)n1c(SCC(=O)Nc2ccccc2F)nnc1-c1cccc(S(=O)(=O)Nc2ccccc2Cl)c1. The number of thioether (sulfide) groups is 1. The summed E-state index contributed by atoms with van der Waals surface area (Å²) in [4.78, 5) is 12.7. The quantitative estimate of drug-likeness (QED) is 0.147. The van der Waals surface area contributed by atoms with Gasteiger partial charge in [0.15, 0.2) is 11.0 Å². The van der Waals surface area contributed by atoms with Crippen molar-refractivity contribution in [1.29, 1.82) is 0 Å². The number of para-hydroxylation sites is 2. The summed E-state index contributed by atoms with van der Waals surface area (Å²) in [5.41, 5.74) is 0.942. The van der Waals surface area contributed by atoms with Gasteiger partial charge in [0.25, 0.3) is 10.0 Å². The molecular weight excluding hydrogens is 597 g/mol. The fourth-order valence-electron chi connectivity index (χ4n) is 4.35. The Morgan fingerprint density at radius 1 is 0.976 bits per heavy atom. The van der Waals surface area contributed by atoms with E-state index in [0.717, 1.165) is 19.3 Å². The second-order valence-corrected chi connectivity index (χ2v) is 13.3. The number of halogens is 2. The van der Waals surface area contributed by atoms with Gasteiger partial charge in [-0.2, -0.15) is 0 Å². The van der Waals surface area contributed by atoms with Gasteiger partial charge in [-0.05, 0) is 55.7 Å². The fraction of sp³-hybridized carbons (Fsp3) is 0.300. The van der Waals surface area contributed by atoms with Gasteiger partial charge in [-0.1, -0.05) is 86.5 Å². The van der Waals surface area contributed by atoms with Crippen LogP contribution >= 0.6 is 23.4 Å². The molecule has 3 aromatic carbocycles. The third kappa shape index (κ3) is 8.11. The molecule has 0 radical (unpaired) electrons. The summed E-state index contributed by atoms with van der Waals surface area (Å²) in [7, 11) is -3.95. The van der Waals surface area contributed by atoms with Crippen LogP contribution in [0.25, 0.3) is 11.4 Å². The molecule has 0 saturated heterocycles. The highest BCUT2D eigenvalue weighted by molar-refractivity contribution is 7.99. The Hall–Kier alpha value is -3.41. The standard InChI is InChI=1S/C30H33ClFN5O3S2/c1-20(2)10-8-11-21(3)37-29(34-35-30(37)41-19-28(38)33-27-17-7-5-15-25(27)32)22-12-9-13-23(18-22)42(39,40)36-26-16-6-4-14-24(26)31/h4-7,9,12-18,20-21,36H,8,10-11,19H2,1-3H3,(H,33,38)/t21-/m1/s1. The first-order chi connectivity index (χ1) is 20.0. The monoisotopic (exact) mass is 629 g/mol. The maximum Gasteiger partial charge on any atom is 0.261 e.